The van der Waals surface area contributed by atoms with E-state index in [1.165, 1.54) is 17.0 Å². The Morgan fingerprint density at radius 3 is 2.26 bits per heavy atom. The van der Waals surface area contributed by atoms with Crippen LogP contribution in [-0.4, -0.2) is 28.8 Å². The first-order valence-corrected chi connectivity index (χ1v) is 9.39. The number of benzene rings is 2. The number of imide groups is 1. The zero-order valence-corrected chi connectivity index (χ0v) is 15.6. The third kappa shape index (κ3) is 3.39. The topological polar surface area (TPSA) is 40.6 Å². The number of carbonyl (C=O) groups excluding carboxylic acids is 2. The minimum absolute atomic E-state index is 0.146. The smallest absolute Gasteiger partial charge is 0.251 e. The second kappa shape index (κ2) is 6.89. The molecule has 0 unspecified atom stereocenters. The minimum atomic E-state index is -0.450. The largest absolute Gasteiger partial charge is 0.284 e. The van der Waals surface area contributed by atoms with Gasteiger partial charge in [-0.1, -0.05) is 30.3 Å². The van der Waals surface area contributed by atoms with Crippen molar-refractivity contribution >= 4 is 17.5 Å². The maximum Gasteiger partial charge on any atom is 0.251 e. The van der Waals surface area contributed by atoms with E-state index in [4.69, 9.17) is 0 Å². The molecule has 2 aliphatic rings. The molecule has 0 spiro atoms. The van der Waals surface area contributed by atoms with E-state index in [0.717, 1.165) is 29.5 Å². The summed E-state index contributed by atoms with van der Waals surface area (Å²) in [6, 6.07) is 12.0. The number of hydrogen-bond acceptors (Lipinski definition) is 3. The molecule has 1 aliphatic carbocycles. The van der Waals surface area contributed by atoms with Gasteiger partial charge in [-0.25, -0.2) is 9.29 Å². The number of anilines is 1. The van der Waals surface area contributed by atoms with Gasteiger partial charge in [-0.05, 0) is 55.5 Å². The van der Waals surface area contributed by atoms with Gasteiger partial charge in [0.05, 0.1) is 18.2 Å². The van der Waals surface area contributed by atoms with Crippen LogP contribution in [0, 0.1) is 19.7 Å². The highest BCUT2D eigenvalue weighted by Gasteiger charge is 2.47. The van der Waals surface area contributed by atoms with Crippen LogP contribution < -0.4 is 4.90 Å². The second-order valence-electron chi connectivity index (χ2n) is 7.56. The van der Waals surface area contributed by atoms with Crippen LogP contribution in [0.1, 0.15) is 36.0 Å². The van der Waals surface area contributed by atoms with Gasteiger partial charge < -0.3 is 0 Å². The summed E-state index contributed by atoms with van der Waals surface area (Å²) in [7, 11) is 0. The highest BCUT2D eigenvalue weighted by molar-refractivity contribution is 6.23. The summed E-state index contributed by atoms with van der Waals surface area (Å²) in [5, 5.41) is 0. The Morgan fingerprint density at radius 2 is 1.67 bits per heavy atom. The SMILES string of the molecule is Cc1cccc(C)c1N1C(=O)C[C@H](N(Cc2ccc(F)cc2)C2CC2)C1=O. The monoisotopic (exact) mass is 366 g/mol. The lowest BCUT2D eigenvalue weighted by molar-refractivity contribution is -0.123. The molecule has 2 fully saturated rings. The second-order valence-corrected chi connectivity index (χ2v) is 7.56. The molecular formula is C22H23FN2O2. The fraction of sp³-hybridized carbons (Fsp3) is 0.364. The first-order valence-electron chi connectivity index (χ1n) is 9.39. The summed E-state index contributed by atoms with van der Waals surface area (Å²) in [5.41, 5.74) is 3.52. The Hall–Kier alpha value is -2.53. The number of amides is 2. The van der Waals surface area contributed by atoms with Crippen LogP contribution >= 0.6 is 0 Å². The van der Waals surface area contributed by atoms with E-state index < -0.39 is 6.04 Å². The summed E-state index contributed by atoms with van der Waals surface area (Å²) in [6.45, 7) is 4.40. The van der Waals surface area contributed by atoms with E-state index in [2.05, 4.69) is 4.90 Å². The van der Waals surface area contributed by atoms with Gasteiger partial charge in [-0.3, -0.25) is 14.5 Å². The summed E-state index contributed by atoms with van der Waals surface area (Å²) < 4.78 is 13.2. The van der Waals surface area contributed by atoms with Crippen molar-refractivity contribution in [2.24, 2.45) is 0 Å². The molecule has 4 rings (SSSR count). The van der Waals surface area contributed by atoms with Crippen molar-refractivity contribution in [2.75, 3.05) is 4.90 Å². The molecule has 1 saturated heterocycles. The standard InChI is InChI=1S/C22H23FN2O2/c1-14-4-3-5-15(2)21(14)25-20(26)12-19(22(25)27)24(18-10-11-18)13-16-6-8-17(23)9-7-16/h3-9,18-19H,10-13H2,1-2H3/t19-/m0/s1. The Balaban J connectivity index is 1.62. The van der Waals surface area contributed by atoms with E-state index in [1.54, 1.807) is 12.1 Å². The minimum Gasteiger partial charge on any atom is -0.284 e. The molecule has 4 nitrogen and oxygen atoms in total. The van der Waals surface area contributed by atoms with Gasteiger partial charge >= 0.3 is 0 Å². The normalized spacial score (nSPS) is 20.0. The van der Waals surface area contributed by atoms with Crippen LogP contribution in [0.15, 0.2) is 42.5 Å². The van der Waals surface area contributed by atoms with Crippen molar-refractivity contribution < 1.29 is 14.0 Å². The summed E-state index contributed by atoms with van der Waals surface area (Å²) in [5.74, 6) is -0.566. The lowest BCUT2D eigenvalue weighted by Gasteiger charge is -2.28. The van der Waals surface area contributed by atoms with Crippen LogP contribution in [0.3, 0.4) is 0 Å². The van der Waals surface area contributed by atoms with E-state index in [0.29, 0.717) is 18.3 Å². The lowest BCUT2D eigenvalue weighted by atomic mass is 10.1. The molecular weight excluding hydrogens is 343 g/mol. The van der Waals surface area contributed by atoms with Crippen molar-refractivity contribution in [3.8, 4) is 0 Å². The molecule has 0 N–H and O–H groups in total. The average Bonchev–Trinajstić information content (AvgIpc) is 3.43. The van der Waals surface area contributed by atoms with Gasteiger partial charge in [0.15, 0.2) is 0 Å². The molecule has 1 heterocycles. The lowest BCUT2D eigenvalue weighted by Crippen LogP contribution is -2.43. The quantitative estimate of drug-likeness (QED) is 0.757. The van der Waals surface area contributed by atoms with E-state index in [1.807, 2.05) is 32.0 Å². The Morgan fingerprint density at radius 1 is 1.04 bits per heavy atom. The van der Waals surface area contributed by atoms with Crippen LogP contribution in [0.2, 0.25) is 0 Å². The van der Waals surface area contributed by atoms with Gasteiger partial charge in [0.2, 0.25) is 5.91 Å². The highest BCUT2D eigenvalue weighted by Crippen LogP contribution is 2.36. The molecule has 5 heteroatoms. The maximum atomic E-state index is 13.2. The van der Waals surface area contributed by atoms with E-state index in [9.17, 15) is 14.0 Å². The Labute approximate surface area is 158 Å². The van der Waals surface area contributed by atoms with Gasteiger partial charge in [0.1, 0.15) is 5.82 Å². The predicted molar refractivity (Wildman–Crippen MR) is 102 cm³/mol. The van der Waals surface area contributed by atoms with Crippen molar-refractivity contribution in [2.45, 2.75) is 51.7 Å². The van der Waals surface area contributed by atoms with Gasteiger partial charge in [-0.2, -0.15) is 0 Å². The molecule has 1 saturated carbocycles. The molecule has 140 valence electrons. The van der Waals surface area contributed by atoms with E-state index >= 15 is 0 Å². The number of halogens is 1. The molecule has 1 aliphatic heterocycles. The first-order chi connectivity index (χ1) is 13.0. The van der Waals surface area contributed by atoms with Crippen LogP contribution in [0.25, 0.3) is 0 Å². The highest BCUT2D eigenvalue weighted by atomic mass is 19.1. The van der Waals surface area contributed by atoms with Gasteiger partial charge in [-0.15, -0.1) is 0 Å². The molecule has 27 heavy (non-hydrogen) atoms. The predicted octanol–water partition coefficient (Wildman–Crippen LogP) is 3.74. The van der Waals surface area contributed by atoms with Crippen LogP contribution in [-0.2, 0) is 16.1 Å². The van der Waals surface area contributed by atoms with Crippen molar-refractivity contribution in [3.63, 3.8) is 0 Å². The molecule has 2 amide bonds. The number of hydrogen-bond donors (Lipinski definition) is 0. The Bertz CT molecular complexity index is 869. The van der Waals surface area contributed by atoms with Crippen LogP contribution in [0.5, 0.6) is 0 Å². The molecule has 0 bridgehead atoms. The van der Waals surface area contributed by atoms with Gasteiger partial charge in [0, 0.05) is 12.6 Å². The average molecular weight is 366 g/mol. The zero-order chi connectivity index (χ0) is 19.1. The summed E-state index contributed by atoms with van der Waals surface area (Å²) in [4.78, 5) is 29.5. The Kier molecular flexibility index (Phi) is 4.56. The van der Waals surface area contributed by atoms with Gasteiger partial charge in [0.25, 0.3) is 5.91 Å². The number of carbonyl (C=O) groups is 2. The van der Waals surface area contributed by atoms with Crippen molar-refractivity contribution in [1.82, 2.24) is 4.90 Å². The molecule has 2 aromatic carbocycles. The third-order valence-corrected chi connectivity index (χ3v) is 5.48. The fourth-order valence-corrected chi connectivity index (χ4v) is 3.97. The molecule has 0 radical (unpaired) electrons. The maximum absolute atomic E-state index is 13.2. The van der Waals surface area contributed by atoms with Crippen molar-refractivity contribution in [1.29, 1.82) is 0 Å². The van der Waals surface area contributed by atoms with E-state index in [-0.39, 0.29) is 24.1 Å². The number of nitrogens with zero attached hydrogens (tertiary/aromatic N) is 2. The number of aryl methyl sites for hydroxylation is 2. The van der Waals surface area contributed by atoms with Crippen molar-refractivity contribution in [3.05, 3.63) is 65.0 Å². The first kappa shape index (κ1) is 17.9. The summed E-state index contributed by atoms with van der Waals surface area (Å²) >= 11 is 0. The molecule has 2 aromatic rings. The third-order valence-electron chi connectivity index (χ3n) is 5.48. The number of rotatable bonds is 5. The zero-order valence-electron chi connectivity index (χ0n) is 15.6. The number of para-hydroxylation sites is 1. The fourth-order valence-electron chi connectivity index (χ4n) is 3.97. The van der Waals surface area contributed by atoms with Crippen LogP contribution in [0.4, 0.5) is 10.1 Å². The summed E-state index contributed by atoms with van der Waals surface area (Å²) in [6.07, 6.45) is 2.26. The molecule has 0 aromatic heterocycles. The molecule has 1 atom stereocenters.